The molecular weight excluding hydrogens is 410 g/mol. The Bertz CT molecular complexity index is 921. The van der Waals surface area contributed by atoms with Gasteiger partial charge < -0.3 is 10.2 Å². The van der Waals surface area contributed by atoms with Crippen LogP contribution in [0.1, 0.15) is 74.7 Å². The van der Waals surface area contributed by atoms with Crippen LogP contribution in [0.3, 0.4) is 0 Å². The van der Waals surface area contributed by atoms with E-state index in [1.54, 1.807) is 0 Å². The number of carbonyl (C=O) groups excluding carboxylic acids is 2. The van der Waals surface area contributed by atoms with Gasteiger partial charge in [0.25, 0.3) is 0 Å². The zero-order valence-corrected chi connectivity index (χ0v) is 18.8. The Labute approximate surface area is 189 Å². The summed E-state index contributed by atoms with van der Waals surface area (Å²) in [5.74, 6) is 0.178. The lowest BCUT2D eigenvalue weighted by atomic mass is 9.68. The fraction of sp³-hybridized carbons (Fsp3) is 0.480. The summed E-state index contributed by atoms with van der Waals surface area (Å²) in [6.07, 6.45) is 8.83. The number of hydrogen-bond donors (Lipinski definition) is 1. The Morgan fingerprint density at radius 3 is 2.48 bits per heavy atom. The summed E-state index contributed by atoms with van der Waals surface area (Å²) in [5.41, 5.74) is 2.52. The predicted molar refractivity (Wildman–Crippen MR) is 122 cm³/mol. The van der Waals surface area contributed by atoms with Crippen molar-refractivity contribution in [3.05, 3.63) is 64.4 Å². The summed E-state index contributed by atoms with van der Waals surface area (Å²) in [7, 11) is 0. The molecule has 5 nitrogen and oxygen atoms in total. The van der Waals surface area contributed by atoms with Gasteiger partial charge in [0, 0.05) is 31.2 Å². The number of carbonyl (C=O) groups is 2. The molecule has 1 aliphatic carbocycles. The highest BCUT2D eigenvalue weighted by Crippen LogP contribution is 2.44. The van der Waals surface area contributed by atoms with Crippen molar-refractivity contribution in [2.24, 2.45) is 0 Å². The minimum Gasteiger partial charge on any atom is -0.352 e. The van der Waals surface area contributed by atoms with Crippen LogP contribution < -0.4 is 5.32 Å². The molecule has 1 atom stereocenters. The van der Waals surface area contributed by atoms with E-state index in [9.17, 15) is 9.59 Å². The topological polar surface area (TPSA) is 62.3 Å². The van der Waals surface area contributed by atoms with Crippen LogP contribution in [0.15, 0.2) is 42.6 Å². The van der Waals surface area contributed by atoms with Crippen molar-refractivity contribution in [2.75, 3.05) is 6.54 Å². The first-order valence-corrected chi connectivity index (χ1v) is 11.6. The van der Waals surface area contributed by atoms with Gasteiger partial charge in [0.05, 0.1) is 17.2 Å². The van der Waals surface area contributed by atoms with Gasteiger partial charge in [0.15, 0.2) is 0 Å². The second-order valence-electron chi connectivity index (χ2n) is 8.81. The number of rotatable bonds is 5. The van der Waals surface area contributed by atoms with Crippen LogP contribution in [0.25, 0.3) is 0 Å². The maximum Gasteiger partial charge on any atom is 0.233 e. The molecule has 1 aromatic carbocycles. The van der Waals surface area contributed by atoms with Gasteiger partial charge in [0.2, 0.25) is 11.8 Å². The molecule has 2 aromatic rings. The second-order valence-corrected chi connectivity index (χ2v) is 9.24. The lowest BCUT2D eigenvalue weighted by molar-refractivity contribution is -0.140. The van der Waals surface area contributed by atoms with E-state index < -0.39 is 5.41 Å². The van der Waals surface area contributed by atoms with Gasteiger partial charge in [-0.3, -0.25) is 14.6 Å². The van der Waals surface area contributed by atoms with Gasteiger partial charge in [-0.2, -0.15) is 0 Å². The summed E-state index contributed by atoms with van der Waals surface area (Å²) in [4.78, 5) is 31.9. The third-order valence-electron chi connectivity index (χ3n) is 6.76. The highest BCUT2D eigenvalue weighted by Gasteiger charge is 2.46. The van der Waals surface area contributed by atoms with E-state index in [4.69, 9.17) is 11.6 Å². The molecule has 1 saturated heterocycles. The monoisotopic (exact) mass is 439 g/mol. The van der Waals surface area contributed by atoms with Crippen molar-refractivity contribution in [3.63, 3.8) is 0 Å². The predicted octanol–water partition coefficient (Wildman–Crippen LogP) is 4.94. The lowest BCUT2D eigenvalue weighted by Crippen LogP contribution is -2.48. The van der Waals surface area contributed by atoms with Crippen LogP contribution in [-0.4, -0.2) is 28.2 Å². The van der Waals surface area contributed by atoms with E-state index in [2.05, 4.69) is 15.2 Å². The summed E-state index contributed by atoms with van der Waals surface area (Å²) < 4.78 is 0. The van der Waals surface area contributed by atoms with Gasteiger partial charge >= 0.3 is 0 Å². The molecule has 2 heterocycles. The Kier molecular flexibility index (Phi) is 6.61. The Balaban J connectivity index is 1.58. The summed E-state index contributed by atoms with van der Waals surface area (Å²) in [6, 6.07) is 11.9. The first kappa shape index (κ1) is 21.8. The number of benzene rings is 1. The Morgan fingerprint density at radius 2 is 1.84 bits per heavy atom. The number of hydrogen-bond acceptors (Lipinski definition) is 3. The fourth-order valence-corrected chi connectivity index (χ4v) is 5.23. The number of nitrogens with zero attached hydrogens (tertiary/aromatic N) is 2. The normalized spacial score (nSPS) is 20.5. The molecule has 1 aliphatic heterocycles. The molecule has 2 fully saturated rings. The molecule has 0 bridgehead atoms. The number of likely N-dealkylation sites (tertiary alicyclic amines) is 1. The zero-order valence-electron chi connectivity index (χ0n) is 18.1. The van der Waals surface area contributed by atoms with Crippen LogP contribution >= 0.6 is 11.6 Å². The van der Waals surface area contributed by atoms with Gasteiger partial charge in [-0.1, -0.05) is 49.1 Å². The third-order valence-corrected chi connectivity index (χ3v) is 7.01. The highest BCUT2D eigenvalue weighted by molar-refractivity contribution is 6.30. The van der Waals surface area contributed by atoms with Crippen molar-refractivity contribution in [2.45, 2.75) is 69.9 Å². The van der Waals surface area contributed by atoms with E-state index in [1.165, 1.54) is 13.3 Å². The van der Waals surface area contributed by atoms with E-state index in [1.807, 2.05) is 42.6 Å². The average molecular weight is 440 g/mol. The first-order chi connectivity index (χ1) is 15.0. The Hall–Kier alpha value is -2.40. The van der Waals surface area contributed by atoms with E-state index in [0.29, 0.717) is 11.6 Å². The molecule has 31 heavy (non-hydrogen) atoms. The van der Waals surface area contributed by atoms with Gasteiger partial charge in [-0.05, 0) is 55.0 Å². The van der Waals surface area contributed by atoms with Gasteiger partial charge in [-0.15, -0.1) is 0 Å². The lowest BCUT2D eigenvalue weighted by Gasteiger charge is -2.41. The molecule has 1 unspecified atom stereocenters. The number of pyridine rings is 1. The molecule has 0 radical (unpaired) electrons. The minimum absolute atomic E-state index is 0.00779. The van der Waals surface area contributed by atoms with Crippen molar-refractivity contribution < 1.29 is 9.59 Å². The first-order valence-electron chi connectivity index (χ1n) is 11.3. The van der Waals surface area contributed by atoms with Crippen LogP contribution in [-0.2, 0) is 21.5 Å². The van der Waals surface area contributed by atoms with Crippen molar-refractivity contribution >= 4 is 23.4 Å². The SMILES string of the molecule is CC(=O)NCc1ccc(C2CCCN2C(=O)C2(c3ccc(Cl)cc3)CCCCC2)nc1. The van der Waals surface area contributed by atoms with Crippen molar-refractivity contribution in [1.82, 2.24) is 15.2 Å². The third kappa shape index (κ3) is 4.62. The van der Waals surface area contributed by atoms with Crippen molar-refractivity contribution in [3.8, 4) is 0 Å². The molecule has 6 heteroatoms. The quantitative estimate of drug-likeness (QED) is 0.717. The number of amides is 2. The summed E-state index contributed by atoms with van der Waals surface area (Å²) in [5, 5.41) is 3.49. The average Bonchev–Trinajstić information content (AvgIpc) is 3.28. The Morgan fingerprint density at radius 1 is 1.10 bits per heavy atom. The molecule has 164 valence electrons. The number of aromatic nitrogens is 1. The maximum atomic E-state index is 14.1. The van der Waals surface area contributed by atoms with Crippen LogP contribution in [0, 0.1) is 0 Å². The van der Waals surface area contributed by atoms with Crippen molar-refractivity contribution in [1.29, 1.82) is 0 Å². The molecule has 0 spiro atoms. The molecule has 1 N–H and O–H groups in total. The zero-order chi connectivity index (χ0) is 21.8. The molecule has 1 aromatic heterocycles. The van der Waals surface area contributed by atoms with E-state index in [0.717, 1.165) is 61.9 Å². The smallest absolute Gasteiger partial charge is 0.233 e. The molecule has 4 rings (SSSR count). The molecule has 1 saturated carbocycles. The highest BCUT2D eigenvalue weighted by atomic mass is 35.5. The largest absolute Gasteiger partial charge is 0.352 e. The van der Waals surface area contributed by atoms with Gasteiger partial charge in [0.1, 0.15) is 0 Å². The minimum atomic E-state index is -0.462. The molecular formula is C25H30ClN3O2. The standard InChI is InChI=1S/C25H30ClN3O2/c1-18(30)27-16-19-7-12-22(28-17-19)23-6-5-15-29(23)24(31)25(13-3-2-4-14-25)20-8-10-21(26)11-9-20/h7-12,17,23H,2-6,13-16H2,1H3,(H,27,30). The fourth-order valence-electron chi connectivity index (χ4n) is 5.11. The van der Waals surface area contributed by atoms with Crippen LogP contribution in [0.5, 0.6) is 0 Å². The summed E-state index contributed by atoms with van der Waals surface area (Å²) in [6.45, 7) is 2.75. The molecule has 2 amide bonds. The van der Waals surface area contributed by atoms with E-state index in [-0.39, 0.29) is 17.9 Å². The van der Waals surface area contributed by atoms with Crippen LogP contribution in [0.4, 0.5) is 0 Å². The molecule has 2 aliphatic rings. The maximum absolute atomic E-state index is 14.1. The second kappa shape index (κ2) is 9.39. The van der Waals surface area contributed by atoms with E-state index >= 15 is 0 Å². The van der Waals surface area contributed by atoms with Crippen LogP contribution in [0.2, 0.25) is 5.02 Å². The van der Waals surface area contributed by atoms with Gasteiger partial charge in [-0.25, -0.2) is 0 Å². The summed E-state index contributed by atoms with van der Waals surface area (Å²) >= 11 is 6.13. The number of nitrogens with one attached hydrogen (secondary N) is 1. The number of halogens is 1.